The Morgan fingerprint density at radius 1 is 0.651 bits per heavy atom. The second-order valence-corrected chi connectivity index (χ2v) is 18.5. The van der Waals surface area contributed by atoms with Gasteiger partial charge in [0.05, 0.1) is 33.7 Å². The summed E-state index contributed by atoms with van der Waals surface area (Å²) >= 11 is 1.85. The van der Waals surface area contributed by atoms with E-state index in [0.29, 0.717) is 5.84 Å². The van der Waals surface area contributed by atoms with Gasteiger partial charge in [0.2, 0.25) is 0 Å². The van der Waals surface area contributed by atoms with Gasteiger partial charge in [0.15, 0.2) is 5.84 Å². The Kier molecular flexibility index (Phi) is 7.98. The van der Waals surface area contributed by atoms with Crippen molar-refractivity contribution in [3.8, 4) is 11.4 Å². The highest BCUT2D eigenvalue weighted by atomic mass is 32.1. The molecule has 0 fully saturated rings. The molecule has 0 N–H and O–H groups in total. The van der Waals surface area contributed by atoms with Crippen molar-refractivity contribution in [2.75, 3.05) is 0 Å². The molecule has 3 unspecified atom stereocenters. The molecular formula is C58H41N3OS. The predicted molar refractivity (Wildman–Crippen MR) is 266 cm³/mol. The molecule has 10 aromatic rings. The van der Waals surface area contributed by atoms with E-state index in [1.165, 1.54) is 58.2 Å². The van der Waals surface area contributed by atoms with E-state index in [9.17, 15) is 0 Å². The van der Waals surface area contributed by atoms with Crippen LogP contribution in [0.4, 0.5) is 0 Å². The maximum Gasteiger partial charge on any atom is 0.160 e. The average Bonchev–Trinajstić information content (AvgIpc) is 3.96. The topological polar surface area (TPSA) is 38.9 Å². The van der Waals surface area contributed by atoms with E-state index in [1.807, 2.05) is 11.3 Å². The van der Waals surface area contributed by atoms with E-state index < -0.39 is 5.60 Å². The zero-order valence-corrected chi connectivity index (χ0v) is 35.7. The van der Waals surface area contributed by atoms with Crippen molar-refractivity contribution in [3.63, 3.8) is 0 Å². The van der Waals surface area contributed by atoms with E-state index >= 15 is 0 Å². The first-order valence-corrected chi connectivity index (χ1v) is 22.7. The smallest absolute Gasteiger partial charge is 0.160 e. The molecule has 0 saturated carbocycles. The molecule has 0 bridgehead atoms. The second kappa shape index (κ2) is 13.8. The Morgan fingerprint density at radius 2 is 1.40 bits per heavy atom. The lowest BCUT2D eigenvalue weighted by atomic mass is 9.82. The third kappa shape index (κ3) is 5.59. The van der Waals surface area contributed by atoms with Crippen LogP contribution in [0.1, 0.15) is 48.4 Å². The SMILES string of the molecule is CC1C/C=C(\c2c(-n3c4ccccc4c4cc5ccccc5cc43)ccc3c2OC2(C)C=CC=CC32)N=C(c2ccc3ccccc3c2)N=C1c1cccc2c1sc1ccccc12. The van der Waals surface area contributed by atoms with Crippen LogP contribution in [-0.4, -0.2) is 21.7 Å². The number of thiophene rings is 1. The summed E-state index contributed by atoms with van der Waals surface area (Å²) in [6.45, 7) is 4.52. The first-order valence-electron chi connectivity index (χ1n) is 21.9. The third-order valence-corrected chi connectivity index (χ3v) is 14.8. The Labute approximate surface area is 369 Å². The molecule has 3 aliphatic rings. The lowest BCUT2D eigenvalue weighted by Gasteiger charge is -2.27. The van der Waals surface area contributed by atoms with Crippen molar-refractivity contribution in [2.45, 2.75) is 31.8 Å². The fraction of sp³-hybridized carbons (Fsp3) is 0.103. The number of amidine groups is 1. The van der Waals surface area contributed by atoms with E-state index in [2.05, 4.69) is 207 Å². The van der Waals surface area contributed by atoms with Crippen molar-refractivity contribution in [3.05, 3.63) is 210 Å². The third-order valence-electron chi connectivity index (χ3n) is 13.6. The number of rotatable bonds is 4. The number of allylic oxidation sites excluding steroid dienone is 3. The Balaban J connectivity index is 1.10. The summed E-state index contributed by atoms with van der Waals surface area (Å²) in [5.74, 6) is 1.71. The number of benzene rings is 8. The average molecular weight is 828 g/mol. The molecule has 0 amide bonds. The number of hydrogen-bond donors (Lipinski definition) is 0. The zero-order chi connectivity index (χ0) is 41.8. The van der Waals surface area contributed by atoms with Gasteiger partial charge in [0.25, 0.3) is 0 Å². The van der Waals surface area contributed by atoms with E-state index in [-0.39, 0.29) is 11.8 Å². The molecule has 4 heterocycles. The zero-order valence-electron chi connectivity index (χ0n) is 34.9. The van der Waals surface area contributed by atoms with Crippen LogP contribution in [0.2, 0.25) is 0 Å². The molecule has 5 heteroatoms. The van der Waals surface area contributed by atoms with Crippen molar-refractivity contribution >= 4 is 92.1 Å². The minimum atomic E-state index is -0.532. The van der Waals surface area contributed by atoms with Gasteiger partial charge in [-0.25, -0.2) is 9.98 Å². The molecule has 1 aliphatic carbocycles. The summed E-state index contributed by atoms with van der Waals surface area (Å²) < 4.78 is 12.3. The first kappa shape index (κ1) is 36.3. The molecule has 2 aromatic heterocycles. The van der Waals surface area contributed by atoms with Crippen LogP contribution < -0.4 is 4.74 Å². The van der Waals surface area contributed by atoms with Crippen molar-refractivity contribution in [1.29, 1.82) is 0 Å². The van der Waals surface area contributed by atoms with Gasteiger partial charge in [-0.05, 0) is 77.4 Å². The fourth-order valence-electron chi connectivity index (χ4n) is 10.4. The molecule has 3 atom stereocenters. The summed E-state index contributed by atoms with van der Waals surface area (Å²) in [5, 5.41) is 9.74. The number of ether oxygens (including phenoxy) is 1. The van der Waals surface area contributed by atoms with Crippen molar-refractivity contribution in [1.82, 2.24) is 4.57 Å². The maximum absolute atomic E-state index is 7.28. The summed E-state index contributed by atoms with van der Waals surface area (Å²) in [7, 11) is 0. The predicted octanol–water partition coefficient (Wildman–Crippen LogP) is 15.1. The van der Waals surface area contributed by atoms with Crippen LogP contribution in [0.25, 0.3) is 74.9 Å². The van der Waals surface area contributed by atoms with Crippen LogP contribution in [-0.2, 0) is 0 Å². The number of nitrogens with zero attached hydrogens (tertiary/aromatic N) is 3. The quantitative estimate of drug-likeness (QED) is 0.174. The van der Waals surface area contributed by atoms with Gasteiger partial charge in [0.1, 0.15) is 11.4 Å². The number of aliphatic imine (C=N–C) groups is 2. The van der Waals surface area contributed by atoms with Gasteiger partial charge in [-0.15, -0.1) is 11.3 Å². The molecule has 0 spiro atoms. The minimum Gasteiger partial charge on any atom is -0.481 e. The second-order valence-electron chi connectivity index (χ2n) is 17.5. The Hall–Kier alpha value is -7.34. The minimum absolute atomic E-state index is 0.0656. The summed E-state index contributed by atoms with van der Waals surface area (Å²) in [6.07, 6.45) is 11.8. The number of hydrogen-bond acceptors (Lipinski definition) is 4. The van der Waals surface area contributed by atoms with E-state index in [4.69, 9.17) is 14.7 Å². The monoisotopic (exact) mass is 827 g/mol. The van der Waals surface area contributed by atoms with Crippen LogP contribution >= 0.6 is 11.3 Å². The Morgan fingerprint density at radius 3 is 2.27 bits per heavy atom. The van der Waals surface area contributed by atoms with Crippen LogP contribution in [0, 0.1) is 5.92 Å². The summed E-state index contributed by atoms with van der Waals surface area (Å²) in [4.78, 5) is 11.5. The van der Waals surface area contributed by atoms with E-state index in [1.54, 1.807) is 0 Å². The van der Waals surface area contributed by atoms with E-state index in [0.717, 1.165) is 56.8 Å². The molecule has 8 aromatic carbocycles. The number of para-hydroxylation sites is 1. The fourth-order valence-corrected chi connectivity index (χ4v) is 11.7. The highest BCUT2D eigenvalue weighted by Gasteiger charge is 2.45. The number of fused-ring (bicyclic) bond motifs is 11. The molecule has 0 saturated heterocycles. The highest BCUT2D eigenvalue weighted by molar-refractivity contribution is 7.26. The van der Waals surface area contributed by atoms with Gasteiger partial charge < -0.3 is 9.30 Å². The van der Waals surface area contributed by atoms with Gasteiger partial charge in [-0.2, -0.15) is 0 Å². The Bertz CT molecular complexity index is 3740. The van der Waals surface area contributed by atoms with Gasteiger partial charge in [-0.1, -0.05) is 153 Å². The lowest BCUT2D eigenvalue weighted by Crippen LogP contribution is -2.32. The van der Waals surface area contributed by atoms with Gasteiger partial charge >= 0.3 is 0 Å². The van der Waals surface area contributed by atoms with Crippen LogP contribution in [0.3, 0.4) is 0 Å². The molecule has 2 aliphatic heterocycles. The maximum atomic E-state index is 7.28. The highest BCUT2D eigenvalue weighted by Crippen LogP contribution is 2.53. The summed E-state index contributed by atoms with van der Waals surface area (Å²) in [5.41, 5.74) is 8.99. The van der Waals surface area contributed by atoms with Crippen molar-refractivity contribution < 1.29 is 4.74 Å². The molecular weight excluding hydrogens is 787 g/mol. The van der Waals surface area contributed by atoms with Crippen LogP contribution in [0.15, 0.2) is 198 Å². The molecule has 300 valence electrons. The lowest BCUT2D eigenvalue weighted by molar-refractivity contribution is 0.155. The van der Waals surface area contributed by atoms with Gasteiger partial charge in [-0.3, -0.25) is 0 Å². The number of aromatic nitrogens is 1. The van der Waals surface area contributed by atoms with Crippen LogP contribution in [0.5, 0.6) is 5.75 Å². The summed E-state index contributed by atoms with van der Waals surface area (Å²) in [6, 6.07) is 57.3. The molecule has 4 nitrogen and oxygen atoms in total. The molecule has 13 rings (SSSR count). The van der Waals surface area contributed by atoms with Crippen molar-refractivity contribution in [2.24, 2.45) is 15.9 Å². The standard InChI is InChI=1S/C58H41N3OS/c1-35-25-29-48(59-57(40-27-26-36-14-3-4-15-37(36)32-40)60-54(35)45-21-13-20-43-42-19-8-10-24-52(42)63-56(43)45)53-50(30-28-44-47-22-11-12-31-58(47,2)62-55(44)53)61-49-23-9-7-18-41(49)46-33-38-16-5-6-17-39(38)34-51(46)61/h3-24,26-35,47H,25H2,1-2H3/b48-29+,59-57?,60-54?. The normalized spacial score (nSPS) is 20.4. The molecule has 0 radical (unpaired) electrons. The van der Waals surface area contributed by atoms with Gasteiger partial charge in [0, 0.05) is 59.5 Å². The largest absolute Gasteiger partial charge is 0.481 e. The first-order chi connectivity index (χ1) is 31.0. The molecule has 63 heavy (non-hydrogen) atoms.